The first kappa shape index (κ1) is 13.7. The van der Waals surface area contributed by atoms with Crippen LogP contribution in [-0.2, 0) is 6.18 Å². The Kier molecular flexibility index (Phi) is 3.93. The van der Waals surface area contributed by atoms with Crippen LogP contribution < -0.4 is 5.73 Å². The molecule has 94 valence electrons. The summed E-state index contributed by atoms with van der Waals surface area (Å²) in [5, 5.41) is 0. The first-order valence-electron chi connectivity index (χ1n) is 5.02. The second-order valence-corrected chi connectivity index (χ2v) is 3.91. The third-order valence-electron chi connectivity index (χ3n) is 2.42. The number of alkyl halides is 3. The molecule has 0 fully saturated rings. The van der Waals surface area contributed by atoms with E-state index in [0.717, 1.165) is 12.1 Å². The zero-order chi connectivity index (χ0) is 13.2. The summed E-state index contributed by atoms with van der Waals surface area (Å²) in [5.74, 6) is -0.909. The monoisotopic (exact) mass is 247 g/mol. The van der Waals surface area contributed by atoms with Crippen LogP contribution in [-0.4, -0.2) is 6.04 Å². The molecule has 0 aliphatic heterocycles. The standard InChI is InChI=1S/C12H13F4N/c1-7(8(2)17)5-9-3-4-10(13)6-11(9)12(14,15)16/h3-6,8H,17H2,1-2H3/b7-5+. The third kappa shape index (κ3) is 3.56. The molecule has 0 saturated carbocycles. The van der Waals surface area contributed by atoms with Gasteiger partial charge in [0, 0.05) is 6.04 Å². The minimum absolute atomic E-state index is 0.0753. The molecule has 0 spiro atoms. The summed E-state index contributed by atoms with van der Waals surface area (Å²) in [4.78, 5) is 0. The second-order valence-electron chi connectivity index (χ2n) is 3.91. The molecule has 0 bridgehead atoms. The van der Waals surface area contributed by atoms with Crippen LogP contribution in [0, 0.1) is 5.82 Å². The van der Waals surface area contributed by atoms with Gasteiger partial charge in [0.1, 0.15) is 5.82 Å². The summed E-state index contributed by atoms with van der Waals surface area (Å²) in [6, 6.07) is 2.24. The van der Waals surface area contributed by atoms with Gasteiger partial charge in [-0.25, -0.2) is 4.39 Å². The van der Waals surface area contributed by atoms with Crippen LogP contribution in [0.5, 0.6) is 0 Å². The maximum Gasteiger partial charge on any atom is 0.417 e. The Morgan fingerprint density at radius 1 is 1.35 bits per heavy atom. The lowest BCUT2D eigenvalue weighted by atomic mass is 10.0. The highest BCUT2D eigenvalue weighted by atomic mass is 19.4. The summed E-state index contributed by atoms with van der Waals surface area (Å²) in [6.07, 6.45) is -3.25. The number of nitrogens with two attached hydrogens (primary N) is 1. The molecule has 1 atom stereocenters. The molecule has 0 radical (unpaired) electrons. The molecule has 0 heterocycles. The highest BCUT2D eigenvalue weighted by molar-refractivity contribution is 5.58. The van der Waals surface area contributed by atoms with Crippen molar-refractivity contribution in [3.05, 3.63) is 40.7 Å². The number of hydrogen-bond acceptors (Lipinski definition) is 1. The van der Waals surface area contributed by atoms with Gasteiger partial charge in [-0.3, -0.25) is 0 Å². The van der Waals surface area contributed by atoms with E-state index in [0.29, 0.717) is 11.6 Å². The number of hydrogen-bond donors (Lipinski definition) is 1. The second kappa shape index (κ2) is 4.87. The summed E-state index contributed by atoms with van der Waals surface area (Å²) in [7, 11) is 0. The average molecular weight is 247 g/mol. The SMILES string of the molecule is C/C(=C\c1ccc(F)cc1C(F)(F)F)C(C)N. The van der Waals surface area contributed by atoms with Crippen LogP contribution in [0.1, 0.15) is 25.0 Å². The molecule has 1 unspecified atom stereocenters. The van der Waals surface area contributed by atoms with Gasteiger partial charge in [-0.1, -0.05) is 17.7 Å². The lowest BCUT2D eigenvalue weighted by molar-refractivity contribution is -0.137. The highest BCUT2D eigenvalue weighted by Gasteiger charge is 2.33. The van der Waals surface area contributed by atoms with Crippen molar-refractivity contribution in [2.75, 3.05) is 0 Å². The Morgan fingerprint density at radius 2 is 1.94 bits per heavy atom. The molecule has 17 heavy (non-hydrogen) atoms. The fourth-order valence-electron chi connectivity index (χ4n) is 1.28. The molecule has 1 rings (SSSR count). The van der Waals surface area contributed by atoms with E-state index >= 15 is 0 Å². The van der Waals surface area contributed by atoms with Gasteiger partial charge < -0.3 is 5.73 Å². The fourth-order valence-corrected chi connectivity index (χ4v) is 1.28. The molecule has 1 aromatic carbocycles. The van der Waals surface area contributed by atoms with Gasteiger partial charge in [-0.05, 0) is 31.5 Å². The van der Waals surface area contributed by atoms with Crippen molar-refractivity contribution in [2.24, 2.45) is 5.73 Å². The zero-order valence-corrected chi connectivity index (χ0v) is 9.48. The smallest absolute Gasteiger partial charge is 0.324 e. The molecule has 0 amide bonds. The van der Waals surface area contributed by atoms with Crippen molar-refractivity contribution in [3.8, 4) is 0 Å². The summed E-state index contributed by atoms with van der Waals surface area (Å²) in [5.41, 5.74) is 5.08. The molecule has 0 saturated heterocycles. The summed E-state index contributed by atoms with van der Waals surface area (Å²) in [6.45, 7) is 3.30. The quantitative estimate of drug-likeness (QED) is 0.794. The van der Waals surface area contributed by atoms with Crippen molar-refractivity contribution in [3.63, 3.8) is 0 Å². The lowest BCUT2D eigenvalue weighted by Gasteiger charge is -2.12. The van der Waals surface area contributed by atoms with Crippen LogP contribution in [0.15, 0.2) is 23.8 Å². The maximum absolute atomic E-state index is 12.8. The predicted octanol–water partition coefficient (Wildman–Crippen LogP) is 3.60. The van der Waals surface area contributed by atoms with Crippen LogP contribution in [0.3, 0.4) is 0 Å². The van der Waals surface area contributed by atoms with Crippen LogP contribution in [0.25, 0.3) is 6.08 Å². The van der Waals surface area contributed by atoms with Crippen molar-refractivity contribution in [1.29, 1.82) is 0 Å². The molecule has 5 heteroatoms. The lowest BCUT2D eigenvalue weighted by Crippen LogP contribution is -2.16. The van der Waals surface area contributed by atoms with Gasteiger partial charge in [0.05, 0.1) is 5.56 Å². The van der Waals surface area contributed by atoms with E-state index < -0.39 is 17.6 Å². The van der Waals surface area contributed by atoms with Gasteiger partial charge in [-0.2, -0.15) is 13.2 Å². The number of rotatable bonds is 2. The van der Waals surface area contributed by atoms with Crippen LogP contribution in [0.4, 0.5) is 17.6 Å². The minimum Gasteiger partial charge on any atom is -0.324 e. The Morgan fingerprint density at radius 3 is 2.41 bits per heavy atom. The molecule has 1 nitrogen and oxygen atoms in total. The Bertz CT molecular complexity index is 433. The van der Waals surface area contributed by atoms with Crippen LogP contribution in [0.2, 0.25) is 0 Å². The van der Waals surface area contributed by atoms with Gasteiger partial charge >= 0.3 is 6.18 Å². The van der Waals surface area contributed by atoms with E-state index in [9.17, 15) is 17.6 Å². The summed E-state index contributed by atoms with van der Waals surface area (Å²) >= 11 is 0. The van der Waals surface area contributed by atoms with Crippen molar-refractivity contribution in [2.45, 2.75) is 26.1 Å². The first-order valence-corrected chi connectivity index (χ1v) is 5.02. The zero-order valence-electron chi connectivity index (χ0n) is 9.48. The minimum atomic E-state index is -4.58. The molecule has 2 N–H and O–H groups in total. The van der Waals surface area contributed by atoms with E-state index in [1.165, 1.54) is 6.08 Å². The Hall–Kier alpha value is -1.36. The van der Waals surface area contributed by atoms with Crippen molar-refractivity contribution in [1.82, 2.24) is 0 Å². The highest BCUT2D eigenvalue weighted by Crippen LogP contribution is 2.33. The third-order valence-corrected chi connectivity index (χ3v) is 2.42. The number of benzene rings is 1. The first-order chi connectivity index (χ1) is 7.71. The van der Waals surface area contributed by atoms with E-state index in [2.05, 4.69) is 0 Å². The predicted molar refractivity (Wildman–Crippen MR) is 58.7 cm³/mol. The fraction of sp³-hybridized carbons (Fsp3) is 0.333. The van der Waals surface area contributed by atoms with Gasteiger partial charge in [0.15, 0.2) is 0 Å². The molecule has 0 aliphatic carbocycles. The molecule has 1 aromatic rings. The van der Waals surface area contributed by atoms with E-state index in [1.54, 1.807) is 13.8 Å². The largest absolute Gasteiger partial charge is 0.417 e. The van der Waals surface area contributed by atoms with Gasteiger partial charge in [0.2, 0.25) is 0 Å². The van der Waals surface area contributed by atoms with E-state index in [1.807, 2.05) is 0 Å². The summed E-state index contributed by atoms with van der Waals surface area (Å²) < 4.78 is 50.8. The van der Waals surface area contributed by atoms with Gasteiger partial charge in [0.25, 0.3) is 0 Å². The Labute approximate surface area is 96.9 Å². The molecule has 0 aromatic heterocycles. The van der Waals surface area contributed by atoms with Crippen molar-refractivity contribution >= 4 is 6.08 Å². The van der Waals surface area contributed by atoms with Crippen molar-refractivity contribution < 1.29 is 17.6 Å². The Balaban J connectivity index is 3.30. The van der Waals surface area contributed by atoms with E-state index in [4.69, 9.17) is 5.73 Å². The van der Waals surface area contributed by atoms with E-state index in [-0.39, 0.29) is 11.6 Å². The molecule has 0 aliphatic rings. The molecular formula is C12H13F4N. The normalized spacial score (nSPS) is 14.9. The number of halogens is 4. The molecular weight excluding hydrogens is 234 g/mol. The van der Waals surface area contributed by atoms with Crippen LogP contribution >= 0.6 is 0 Å². The topological polar surface area (TPSA) is 26.0 Å². The average Bonchev–Trinajstić information content (AvgIpc) is 2.18. The maximum atomic E-state index is 12.8. The van der Waals surface area contributed by atoms with Gasteiger partial charge in [-0.15, -0.1) is 0 Å².